The molecule has 0 unspecified atom stereocenters. The van der Waals surface area contributed by atoms with Crippen LogP contribution in [0.5, 0.6) is 0 Å². The number of imide groups is 1. The van der Waals surface area contributed by atoms with E-state index in [1.54, 1.807) is 19.9 Å². The SMILES string of the molecule is CC=C1C(=O)N(C)C(=O)C(C#N)=C1C. The topological polar surface area (TPSA) is 61.2 Å². The minimum absolute atomic E-state index is 0.0419. The molecule has 0 saturated carbocycles. The third-order valence-electron chi connectivity index (χ3n) is 2.23. The fraction of sp³-hybridized carbons (Fsp3) is 0.300. The maximum Gasteiger partial charge on any atom is 0.271 e. The fourth-order valence-electron chi connectivity index (χ4n) is 1.37. The summed E-state index contributed by atoms with van der Waals surface area (Å²) < 4.78 is 0. The molecule has 1 aliphatic rings. The molecule has 0 aromatic heterocycles. The quantitative estimate of drug-likeness (QED) is 0.418. The lowest BCUT2D eigenvalue weighted by Gasteiger charge is -2.23. The van der Waals surface area contributed by atoms with Gasteiger partial charge in [0.15, 0.2) is 0 Å². The van der Waals surface area contributed by atoms with E-state index in [9.17, 15) is 9.59 Å². The predicted octanol–water partition coefficient (Wildman–Crippen LogP) is 0.771. The number of allylic oxidation sites excluding steroid dienone is 1. The third kappa shape index (κ3) is 1.23. The van der Waals surface area contributed by atoms with Gasteiger partial charge in [-0.15, -0.1) is 0 Å². The van der Waals surface area contributed by atoms with Crippen LogP contribution in [0.15, 0.2) is 22.8 Å². The van der Waals surface area contributed by atoms with Crippen LogP contribution in [-0.4, -0.2) is 23.8 Å². The van der Waals surface area contributed by atoms with E-state index in [2.05, 4.69) is 0 Å². The molecule has 0 spiro atoms. The fourth-order valence-corrected chi connectivity index (χ4v) is 1.37. The highest BCUT2D eigenvalue weighted by Gasteiger charge is 2.32. The van der Waals surface area contributed by atoms with Gasteiger partial charge in [0.1, 0.15) is 11.6 Å². The molecule has 0 aromatic carbocycles. The zero-order valence-electron chi connectivity index (χ0n) is 8.29. The van der Waals surface area contributed by atoms with Gasteiger partial charge < -0.3 is 0 Å². The summed E-state index contributed by atoms with van der Waals surface area (Å²) in [6, 6.07) is 1.81. The number of hydrogen-bond donors (Lipinski definition) is 0. The normalized spacial score (nSPS) is 20.4. The molecule has 0 atom stereocenters. The summed E-state index contributed by atoms with van der Waals surface area (Å²) in [7, 11) is 1.37. The van der Waals surface area contributed by atoms with Gasteiger partial charge in [-0.1, -0.05) is 6.08 Å². The summed E-state index contributed by atoms with van der Waals surface area (Å²) in [6.07, 6.45) is 1.61. The van der Waals surface area contributed by atoms with Gasteiger partial charge in [0, 0.05) is 12.6 Å². The molecule has 14 heavy (non-hydrogen) atoms. The molecule has 0 N–H and O–H groups in total. The molecular weight excluding hydrogens is 180 g/mol. The molecule has 1 aliphatic heterocycles. The second-order valence-corrected chi connectivity index (χ2v) is 2.98. The monoisotopic (exact) mass is 190 g/mol. The molecule has 72 valence electrons. The molecule has 2 amide bonds. The van der Waals surface area contributed by atoms with Crippen molar-refractivity contribution in [2.45, 2.75) is 13.8 Å². The molecule has 4 heteroatoms. The smallest absolute Gasteiger partial charge is 0.271 e. The number of carbonyl (C=O) groups is 2. The lowest BCUT2D eigenvalue weighted by molar-refractivity contribution is -0.138. The molecule has 4 nitrogen and oxygen atoms in total. The van der Waals surface area contributed by atoms with Gasteiger partial charge >= 0.3 is 0 Å². The van der Waals surface area contributed by atoms with Crippen molar-refractivity contribution in [3.8, 4) is 6.07 Å². The van der Waals surface area contributed by atoms with Crippen LogP contribution in [0.1, 0.15) is 13.8 Å². The highest BCUT2D eigenvalue weighted by atomic mass is 16.2. The summed E-state index contributed by atoms with van der Waals surface area (Å²) in [4.78, 5) is 23.9. The van der Waals surface area contributed by atoms with Gasteiger partial charge in [-0.25, -0.2) is 0 Å². The van der Waals surface area contributed by atoms with Crippen LogP contribution in [0.4, 0.5) is 0 Å². The maximum absolute atomic E-state index is 11.5. The van der Waals surface area contributed by atoms with E-state index in [1.165, 1.54) is 7.05 Å². The van der Waals surface area contributed by atoms with Crippen LogP contribution in [0.2, 0.25) is 0 Å². The van der Waals surface area contributed by atoms with Crippen molar-refractivity contribution < 1.29 is 9.59 Å². The minimum Gasteiger partial charge on any atom is -0.277 e. The Bertz CT molecular complexity index is 410. The van der Waals surface area contributed by atoms with Crippen molar-refractivity contribution >= 4 is 11.8 Å². The van der Waals surface area contributed by atoms with Gasteiger partial charge in [-0.2, -0.15) is 5.26 Å². The van der Waals surface area contributed by atoms with Gasteiger partial charge in [0.25, 0.3) is 11.8 Å². The number of likely N-dealkylation sites (N-methyl/N-ethyl adjacent to an activating group) is 1. The maximum atomic E-state index is 11.5. The molecule has 0 saturated heterocycles. The van der Waals surface area contributed by atoms with E-state index in [0.717, 1.165) is 4.90 Å². The Morgan fingerprint density at radius 1 is 1.36 bits per heavy atom. The van der Waals surface area contributed by atoms with Gasteiger partial charge in [0.2, 0.25) is 0 Å². The predicted molar refractivity (Wildman–Crippen MR) is 49.8 cm³/mol. The molecular formula is C10H10N2O2. The minimum atomic E-state index is -0.527. The van der Waals surface area contributed by atoms with Crippen LogP contribution in [0, 0.1) is 11.3 Å². The van der Waals surface area contributed by atoms with Crippen molar-refractivity contribution in [2.75, 3.05) is 7.05 Å². The number of amides is 2. The molecule has 0 aromatic rings. The van der Waals surface area contributed by atoms with Crippen LogP contribution in [0.3, 0.4) is 0 Å². The number of nitriles is 1. The first-order valence-corrected chi connectivity index (χ1v) is 4.14. The Balaban J connectivity index is 3.44. The van der Waals surface area contributed by atoms with E-state index in [4.69, 9.17) is 5.26 Å². The molecule has 0 aliphatic carbocycles. The highest BCUT2D eigenvalue weighted by Crippen LogP contribution is 2.23. The van der Waals surface area contributed by atoms with Crippen molar-refractivity contribution in [2.24, 2.45) is 0 Å². The second kappa shape index (κ2) is 3.46. The largest absolute Gasteiger partial charge is 0.277 e. The van der Waals surface area contributed by atoms with Gasteiger partial charge in [-0.05, 0) is 19.4 Å². The first-order chi connectivity index (χ1) is 6.54. The molecule has 1 rings (SSSR count). The van der Waals surface area contributed by atoms with Gasteiger partial charge in [-0.3, -0.25) is 14.5 Å². The summed E-state index contributed by atoms with van der Waals surface area (Å²) in [6.45, 7) is 3.31. The average molecular weight is 190 g/mol. The zero-order chi connectivity index (χ0) is 10.9. The zero-order valence-corrected chi connectivity index (χ0v) is 8.29. The van der Waals surface area contributed by atoms with Gasteiger partial charge in [0.05, 0.1) is 0 Å². The highest BCUT2D eigenvalue weighted by molar-refractivity contribution is 6.17. The van der Waals surface area contributed by atoms with Crippen molar-refractivity contribution in [1.82, 2.24) is 4.90 Å². The Labute approximate surface area is 82.1 Å². The second-order valence-electron chi connectivity index (χ2n) is 2.98. The van der Waals surface area contributed by atoms with Crippen molar-refractivity contribution in [3.05, 3.63) is 22.8 Å². The third-order valence-corrected chi connectivity index (χ3v) is 2.23. The van der Waals surface area contributed by atoms with E-state index in [-0.39, 0.29) is 11.5 Å². The van der Waals surface area contributed by atoms with E-state index in [1.807, 2.05) is 6.07 Å². The number of hydrogen-bond acceptors (Lipinski definition) is 3. The lowest BCUT2D eigenvalue weighted by atomic mass is 9.96. The Morgan fingerprint density at radius 2 is 1.93 bits per heavy atom. The summed E-state index contributed by atoms with van der Waals surface area (Å²) in [5.41, 5.74) is 0.923. The summed E-state index contributed by atoms with van der Waals surface area (Å²) >= 11 is 0. The summed E-state index contributed by atoms with van der Waals surface area (Å²) in [5.74, 6) is -0.880. The van der Waals surface area contributed by atoms with E-state index >= 15 is 0 Å². The van der Waals surface area contributed by atoms with Crippen LogP contribution in [-0.2, 0) is 9.59 Å². The molecule has 0 bridgehead atoms. The molecule has 1 heterocycles. The molecule has 0 fully saturated rings. The Kier molecular flexibility index (Phi) is 2.52. The number of nitrogens with zero attached hydrogens (tertiary/aromatic N) is 2. The van der Waals surface area contributed by atoms with Crippen LogP contribution in [0.25, 0.3) is 0 Å². The number of rotatable bonds is 0. The molecule has 0 radical (unpaired) electrons. The van der Waals surface area contributed by atoms with E-state index in [0.29, 0.717) is 11.1 Å². The van der Waals surface area contributed by atoms with Crippen LogP contribution < -0.4 is 0 Å². The Hall–Kier alpha value is -1.89. The standard InChI is InChI=1S/C10H10N2O2/c1-4-7-6(2)8(5-11)10(14)12(3)9(7)13/h4H,1-3H3. The number of carbonyl (C=O) groups excluding carboxylic acids is 2. The van der Waals surface area contributed by atoms with Crippen molar-refractivity contribution in [1.29, 1.82) is 5.26 Å². The lowest BCUT2D eigenvalue weighted by Crippen LogP contribution is -2.39. The van der Waals surface area contributed by atoms with Crippen molar-refractivity contribution in [3.63, 3.8) is 0 Å². The summed E-state index contributed by atoms with van der Waals surface area (Å²) in [5, 5.41) is 8.76. The first kappa shape index (κ1) is 10.2. The Morgan fingerprint density at radius 3 is 2.36 bits per heavy atom. The average Bonchev–Trinajstić information content (AvgIpc) is 2.16. The van der Waals surface area contributed by atoms with E-state index < -0.39 is 5.91 Å². The first-order valence-electron chi connectivity index (χ1n) is 4.14. The van der Waals surface area contributed by atoms with Crippen LogP contribution >= 0.6 is 0 Å².